The Morgan fingerprint density at radius 3 is 2.50 bits per heavy atom. The molecule has 0 spiro atoms. The van der Waals surface area contributed by atoms with Gasteiger partial charge in [0.15, 0.2) is 9.84 Å². The maximum Gasteiger partial charge on any atom is 0.323 e. The Kier molecular flexibility index (Phi) is 10.6. The summed E-state index contributed by atoms with van der Waals surface area (Å²) in [4.78, 5) is 24.3. The number of rotatable bonds is 13. The van der Waals surface area contributed by atoms with Crippen LogP contribution >= 0.6 is 23.1 Å². The fraction of sp³-hybridized carbons (Fsp3) is 0.429. The number of esters is 1. The summed E-state index contributed by atoms with van der Waals surface area (Å²) in [6.07, 6.45) is 2.06. The number of methoxy groups -OCH3 is 1. The lowest BCUT2D eigenvalue weighted by molar-refractivity contribution is -0.142. The van der Waals surface area contributed by atoms with Crippen molar-refractivity contribution >= 4 is 54.8 Å². The first kappa shape index (κ1) is 28.3. The Morgan fingerprint density at radius 2 is 1.88 bits per heavy atom. The molecule has 0 aliphatic rings. The summed E-state index contributed by atoms with van der Waals surface area (Å²) >= 11 is 2.53. The van der Waals surface area contributed by atoms with Gasteiger partial charge in [0.25, 0.3) is 5.91 Å². The largest absolute Gasteiger partial charge is 0.468 e. The number of ether oxygens (including phenoxy) is 1. The van der Waals surface area contributed by atoms with Crippen LogP contribution in [0.1, 0.15) is 35.0 Å². The number of carbonyl (C=O) groups is 2. The lowest BCUT2D eigenvalue weighted by Crippen LogP contribution is -2.40. The molecule has 0 aliphatic carbocycles. The summed E-state index contributed by atoms with van der Waals surface area (Å²) < 4.78 is 55.4. The molecule has 34 heavy (non-hydrogen) atoms. The Labute approximate surface area is 208 Å². The molecule has 2 rings (SSSR count). The first-order valence-electron chi connectivity index (χ1n) is 10.3. The van der Waals surface area contributed by atoms with Crippen molar-refractivity contribution in [1.29, 1.82) is 0 Å². The van der Waals surface area contributed by atoms with E-state index in [1.165, 1.54) is 25.3 Å². The minimum absolute atomic E-state index is 0.0737. The van der Waals surface area contributed by atoms with E-state index >= 15 is 0 Å². The van der Waals surface area contributed by atoms with Gasteiger partial charge in [-0.3, -0.25) is 9.59 Å². The number of thiophene rings is 1. The van der Waals surface area contributed by atoms with Crippen LogP contribution < -0.4 is 10.0 Å². The van der Waals surface area contributed by atoms with Gasteiger partial charge in [0.2, 0.25) is 10.0 Å². The van der Waals surface area contributed by atoms with Gasteiger partial charge in [-0.15, -0.1) is 11.3 Å². The Bertz CT molecular complexity index is 1210. The molecule has 1 unspecified atom stereocenters. The zero-order valence-corrected chi connectivity index (χ0v) is 22.3. The molecule has 9 nitrogen and oxygen atoms in total. The lowest BCUT2D eigenvalue weighted by atomic mass is 10.2. The molecule has 0 radical (unpaired) electrons. The predicted octanol–water partition coefficient (Wildman–Crippen LogP) is 2.43. The summed E-state index contributed by atoms with van der Waals surface area (Å²) in [6, 6.07) is 8.47. The first-order valence-corrected chi connectivity index (χ1v) is 15.7. The van der Waals surface area contributed by atoms with Gasteiger partial charge in [0, 0.05) is 18.6 Å². The molecule has 188 valence electrons. The summed E-state index contributed by atoms with van der Waals surface area (Å²) in [7, 11) is -5.99. The van der Waals surface area contributed by atoms with Crippen molar-refractivity contribution in [3.05, 3.63) is 46.8 Å². The number of carbonyl (C=O) groups excluding carboxylic acids is 2. The summed E-state index contributed by atoms with van der Waals surface area (Å²) in [5.41, 5.74) is 0.815. The fourth-order valence-corrected chi connectivity index (χ4v) is 6.88. The number of hydrogen-bond donors (Lipinski definition) is 2. The zero-order chi connectivity index (χ0) is 25.4. The highest BCUT2D eigenvalue weighted by molar-refractivity contribution is 7.98. The molecule has 1 aromatic heterocycles. The van der Waals surface area contributed by atoms with Gasteiger partial charge in [-0.05, 0) is 48.4 Å². The maximum absolute atomic E-state index is 12.6. The second-order valence-electron chi connectivity index (χ2n) is 7.31. The van der Waals surface area contributed by atoms with Crippen molar-refractivity contribution in [1.82, 2.24) is 10.0 Å². The quantitative estimate of drug-likeness (QED) is 0.288. The highest BCUT2D eigenvalue weighted by Crippen LogP contribution is 2.21. The molecule has 1 atom stereocenters. The molecule has 2 aromatic rings. The molecule has 13 heteroatoms. The zero-order valence-electron chi connectivity index (χ0n) is 19.1. The minimum atomic E-state index is -3.88. The molecular formula is C21H28N2O7S4. The number of thioether (sulfide) groups is 1. The number of sulfonamides is 1. The Morgan fingerprint density at radius 1 is 1.15 bits per heavy atom. The summed E-state index contributed by atoms with van der Waals surface area (Å²) in [5.74, 6) is 0.357. The van der Waals surface area contributed by atoms with Crippen LogP contribution in [0.25, 0.3) is 0 Å². The van der Waals surface area contributed by atoms with Crippen molar-refractivity contribution in [3.63, 3.8) is 0 Å². The van der Waals surface area contributed by atoms with Crippen molar-refractivity contribution in [2.24, 2.45) is 0 Å². The van der Waals surface area contributed by atoms with E-state index in [9.17, 15) is 26.4 Å². The van der Waals surface area contributed by atoms with Crippen LogP contribution in [0.3, 0.4) is 0 Å². The second-order valence-corrected chi connectivity index (χ2v) is 13.5. The van der Waals surface area contributed by atoms with Crippen LogP contribution in [-0.4, -0.2) is 60.4 Å². The molecule has 1 amide bonds. The van der Waals surface area contributed by atoms with Gasteiger partial charge in [-0.25, -0.2) is 16.8 Å². The van der Waals surface area contributed by atoms with Crippen LogP contribution in [0.15, 0.2) is 45.5 Å². The smallest absolute Gasteiger partial charge is 0.323 e. The average molecular weight is 549 g/mol. The third-order valence-corrected chi connectivity index (χ3v) is 10.1. The highest BCUT2D eigenvalue weighted by Gasteiger charge is 2.25. The average Bonchev–Trinajstić information content (AvgIpc) is 3.30. The van der Waals surface area contributed by atoms with Crippen molar-refractivity contribution in [2.45, 2.75) is 40.7 Å². The normalized spacial score (nSPS) is 12.8. The van der Waals surface area contributed by atoms with E-state index in [0.717, 1.165) is 28.9 Å². The van der Waals surface area contributed by atoms with E-state index < -0.39 is 31.9 Å². The highest BCUT2D eigenvalue weighted by atomic mass is 32.2. The van der Waals surface area contributed by atoms with Crippen molar-refractivity contribution in [3.8, 4) is 0 Å². The minimum Gasteiger partial charge on any atom is -0.468 e. The molecule has 0 saturated heterocycles. The number of amides is 1. The SMILES string of the molecule is CCC(NS(=O)(=O)c1cccc(CSCCCNC(=O)c2ccc(S(C)(=O)=O)s2)c1)C(=O)OC. The third kappa shape index (κ3) is 8.38. The Hall–Kier alpha value is -1.93. The first-order chi connectivity index (χ1) is 16.0. The van der Waals surface area contributed by atoms with Crippen LogP contribution in [0, 0.1) is 0 Å². The lowest BCUT2D eigenvalue weighted by Gasteiger charge is -2.15. The van der Waals surface area contributed by atoms with E-state index in [0.29, 0.717) is 23.6 Å². The molecule has 2 N–H and O–H groups in total. The van der Waals surface area contributed by atoms with E-state index in [4.69, 9.17) is 0 Å². The van der Waals surface area contributed by atoms with Crippen LogP contribution in [-0.2, 0) is 35.1 Å². The van der Waals surface area contributed by atoms with Gasteiger partial charge in [0.1, 0.15) is 10.3 Å². The van der Waals surface area contributed by atoms with E-state index in [1.807, 2.05) is 6.07 Å². The second kappa shape index (κ2) is 12.7. The topological polar surface area (TPSA) is 136 Å². The van der Waals surface area contributed by atoms with Crippen molar-refractivity contribution in [2.75, 3.05) is 25.7 Å². The maximum atomic E-state index is 12.6. The van der Waals surface area contributed by atoms with E-state index in [-0.39, 0.29) is 21.4 Å². The van der Waals surface area contributed by atoms with Gasteiger partial charge in [0.05, 0.1) is 16.9 Å². The fourth-order valence-electron chi connectivity index (χ4n) is 2.79. The number of hydrogen-bond acceptors (Lipinski definition) is 9. The molecule has 1 aromatic carbocycles. The number of nitrogens with one attached hydrogen (secondary N) is 2. The van der Waals surface area contributed by atoms with Gasteiger partial charge >= 0.3 is 5.97 Å². The van der Waals surface area contributed by atoms with E-state index in [2.05, 4.69) is 14.8 Å². The predicted molar refractivity (Wildman–Crippen MR) is 133 cm³/mol. The van der Waals surface area contributed by atoms with Crippen LogP contribution in [0.2, 0.25) is 0 Å². The molecule has 1 heterocycles. The summed E-state index contributed by atoms with van der Waals surface area (Å²) in [6.45, 7) is 2.12. The van der Waals surface area contributed by atoms with E-state index in [1.54, 1.807) is 30.8 Å². The monoisotopic (exact) mass is 548 g/mol. The van der Waals surface area contributed by atoms with Gasteiger partial charge in [-0.1, -0.05) is 19.1 Å². The molecule has 0 fully saturated rings. The standard InChI is InChI=1S/C21H28N2O7S4/c1-4-17(21(25)30-2)23-34(28,29)16-8-5-7-15(13-16)14-31-12-6-11-22-20(24)18-9-10-19(32-18)33(3,26)27/h5,7-10,13,17,23H,4,6,11-12,14H2,1-3H3,(H,22,24). The van der Waals surface area contributed by atoms with Gasteiger partial charge in [-0.2, -0.15) is 16.5 Å². The van der Waals surface area contributed by atoms with Gasteiger partial charge < -0.3 is 10.1 Å². The number of sulfone groups is 1. The van der Waals surface area contributed by atoms with Crippen molar-refractivity contribution < 1.29 is 31.2 Å². The number of benzene rings is 1. The molecule has 0 aliphatic heterocycles. The Balaban J connectivity index is 1.80. The summed E-state index contributed by atoms with van der Waals surface area (Å²) in [5, 5.41) is 2.77. The third-order valence-electron chi connectivity index (χ3n) is 4.59. The molecule has 0 bridgehead atoms. The molecule has 0 saturated carbocycles. The van der Waals surface area contributed by atoms with Crippen LogP contribution in [0.5, 0.6) is 0 Å². The molecular weight excluding hydrogens is 521 g/mol. The van der Waals surface area contributed by atoms with Crippen LogP contribution in [0.4, 0.5) is 0 Å².